The van der Waals surface area contributed by atoms with Crippen LogP contribution in [0.5, 0.6) is 0 Å². The van der Waals surface area contributed by atoms with Gasteiger partial charge in [0.1, 0.15) is 0 Å². The average Bonchev–Trinajstić information content (AvgIpc) is 2.18. The van der Waals surface area contributed by atoms with Crippen molar-refractivity contribution in [3.05, 3.63) is 55.0 Å². The van der Waals surface area contributed by atoms with Crippen molar-refractivity contribution in [3.8, 4) is 0 Å². The average molecular weight is 173 g/mol. The first kappa shape index (κ1) is 10.0. The van der Waals surface area contributed by atoms with Crippen molar-refractivity contribution in [3.63, 3.8) is 0 Å². The molecule has 0 unspecified atom stereocenters. The summed E-state index contributed by atoms with van der Waals surface area (Å²) in [4.78, 5) is 0. The van der Waals surface area contributed by atoms with Crippen LogP contribution in [0.25, 0.3) is 0 Å². The summed E-state index contributed by atoms with van der Waals surface area (Å²) in [7, 11) is 0. The lowest BCUT2D eigenvalue weighted by Crippen LogP contribution is -1.69. The molecule has 1 radical (unpaired) electrons. The van der Waals surface area contributed by atoms with Gasteiger partial charge >= 0.3 is 0 Å². The Bertz CT molecular complexity index is 216. The van der Waals surface area contributed by atoms with Gasteiger partial charge in [0, 0.05) is 0 Å². The van der Waals surface area contributed by atoms with Gasteiger partial charge in [0.25, 0.3) is 0 Å². The highest BCUT2D eigenvalue weighted by Gasteiger charge is 1.81. The first-order valence-electron chi connectivity index (χ1n) is 4.93. The highest BCUT2D eigenvalue weighted by atomic mass is 13.9. The molecule has 69 valence electrons. The molecule has 0 aromatic carbocycles. The van der Waals surface area contributed by atoms with Gasteiger partial charge in [-0.15, -0.1) is 0 Å². The third-order valence-corrected chi connectivity index (χ3v) is 1.87. The molecular formula is C13H17. The number of rotatable bonds is 0. The molecule has 13 heavy (non-hydrogen) atoms. The quantitative estimate of drug-likeness (QED) is 0.486. The monoisotopic (exact) mass is 173 g/mol. The van der Waals surface area contributed by atoms with Crippen LogP contribution in [-0.2, 0) is 0 Å². The Kier molecular flexibility index (Phi) is 5.87. The smallest absolute Gasteiger partial charge is 0.0166 e. The predicted molar refractivity (Wildman–Crippen MR) is 59.3 cm³/mol. The van der Waals surface area contributed by atoms with Gasteiger partial charge in [0.05, 0.1) is 0 Å². The van der Waals surface area contributed by atoms with E-state index in [1.807, 2.05) is 0 Å². The number of allylic oxidation sites excluding steroid dienone is 8. The maximum Gasteiger partial charge on any atom is -0.0166 e. The Labute approximate surface area is 81.4 Å². The minimum absolute atomic E-state index is 1.04. The lowest BCUT2D eigenvalue weighted by Gasteiger charge is -1.88. The van der Waals surface area contributed by atoms with Gasteiger partial charge in [-0.1, -0.05) is 48.6 Å². The fourth-order valence-corrected chi connectivity index (χ4v) is 1.14. The second kappa shape index (κ2) is 7.60. The van der Waals surface area contributed by atoms with E-state index in [1.54, 1.807) is 0 Å². The van der Waals surface area contributed by atoms with Crippen LogP contribution in [0.3, 0.4) is 0 Å². The van der Waals surface area contributed by atoms with Crippen LogP contribution in [0.1, 0.15) is 25.7 Å². The van der Waals surface area contributed by atoms with Crippen LogP contribution in [0.2, 0.25) is 0 Å². The van der Waals surface area contributed by atoms with E-state index in [0.717, 1.165) is 25.7 Å². The first-order chi connectivity index (χ1) is 6.50. The molecule has 0 aromatic rings. The van der Waals surface area contributed by atoms with Gasteiger partial charge in [-0.05, 0) is 32.1 Å². The van der Waals surface area contributed by atoms with Crippen LogP contribution < -0.4 is 0 Å². The molecule has 0 N–H and O–H groups in total. The summed E-state index contributed by atoms with van der Waals surface area (Å²) >= 11 is 0. The summed E-state index contributed by atoms with van der Waals surface area (Å²) in [6.07, 6.45) is 24.0. The Hall–Kier alpha value is -1.04. The Morgan fingerprint density at radius 2 is 0.923 bits per heavy atom. The molecule has 0 bridgehead atoms. The fraction of sp³-hybridized carbons (Fsp3) is 0.308. The zero-order valence-electron chi connectivity index (χ0n) is 8.02. The van der Waals surface area contributed by atoms with Crippen molar-refractivity contribution in [2.75, 3.05) is 0 Å². The second-order valence-electron chi connectivity index (χ2n) is 3.03. The molecule has 0 aromatic heterocycles. The molecule has 1 rings (SSSR count). The minimum atomic E-state index is 1.04. The SMILES string of the molecule is [CH]1C/C=C\C=C\C/C=C/C/C=C/C1. The molecule has 1 aliphatic carbocycles. The van der Waals surface area contributed by atoms with E-state index in [9.17, 15) is 0 Å². The van der Waals surface area contributed by atoms with Gasteiger partial charge in [-0.2, -0.15) is 0 Å². The van der Waals surface area contributed by atoms with Crippen molar-refractivity contribution in [2.24, 2.45) is 0 Å². The lowest BCUT2D eigenvalue weighted by atomic mass is 10.2. The summed E-state index contributed by atoms with van der Waals surface area (Å²) in [6, 6.07) is 0. The zero-order valence-corrected chi connectivity index (χ0v) is 8.02. The maximum atomic E-state index is 2.28. The Morgan fingerprint density at radius 1 is 0.462 bits per heavy atom. The fourth-order valence-electron chi connectivity index (χ4n) is 1.14. The maximum absolute atomic E-state index is 2.28. The normalized spacial score (nSPS) is 28.9. The van der Waals surface area contributed by atoms with Crippen molar-refractivity contribution in [1.29, 1.82) is 0 Å². The van der Waals surface area contributed by atoms with Gasteiger partial charge in [-0.25, -0.2) is 0 Å². The van der Waals surface area contributed by atoms with E-state index in [-0.39, 0.29) is 0 Å². The molecule has 0 atom stereocenters. The highest BCUT2D eigenvalue weighted by molar-refractivity contribution is 5.07. The van der Waals surface area contributed by atoms with Crippen LogP contribution in [0.15, 0.2) is 48.6 Å². The molecule has 0 heteroatoms. The minimum Gasteiger partial charge on any atom is -0.0879 e. The van der Waals surface area contributed by atoms with E-state index in [0.29, 0.717) is 0 Å². The van der Waals surface area contributed by atoms with E-state index in [2.05, 4.69) is 55.0 Å². The van der Waals surface area contributed by atoms with E-state index >= 15 is 0 Å². The van der Waals surface area contributed by atoms with Crippen LogP contribution in [-0.4, -0.2) is 0 Å². The predicted octanol–water partition coefficient (Wildman–Crippen LogP) is 3.99. The van der Waals surface area contributed by atoms with E-state index < -0.39 is 0 Å². The molecular weight excluding hydrogens is 156 g/mol. The molecule has 0 amide bonds. The van der Waals surface area contributed by atoms with Gasteiger partial charge in [-0.3, -0.25) is 0 Å². The van der Waals surface area contributed by atoms with Crippen LogP contribution in [0, 0.1) is 6.42 Å². The van der Waals surface area contributed by atoms with Crippen LogP contribution >= 0.6 is 0 Å². The van der Waals surface area contributed by atoms with Crippen molar-refractivity contribution < 1.29 is 0 Å². The zero-order chi connectivity index (χ0) is 9.19. The second-order valence-corrected chi connectivity index (χ2v) is 3.03. The van der Waals surface area contributed by atoms with Crippen LogP contribution in [0.4, 0.5) is 0 Å². The van der Waals surface area contributed by atoms with Crippen molar-refractivity contribution in [2.45, 2.75) is 25.7 Å². The van der Waals surface area contributed by atoms with Gasteiger partial charge in [0.2, 0.25) is 0 Å². The van der Waals surface area contributed by atoms with E-state index in [4.69, 9.17) is 0 Å². The molecule has 0 heterocycles. The molecule has 0 saturated heterocycles. The molecule has 0 saturated carbocycles. The summed E-state index contributed by atoms with van der Waals surface area (Å²) in [5.41, 5.74) is 0. The van der Waals surface area contributed by atoms with Gasteiger partial charge < -0.3 is 0 Å². The summed E-state index contributed by atoms with van der Waals surface area (Å²) in [5, 5.41) is 0. The van der Waals surface area contributed by atoms with Crippen molar-refractivity contribution in [1.82, 2.24) is 0 Å². The molecule has 0 spiro atoms. The molecule has 1 aliphatic rings. The third kappa shape index (κ3) is 6.15. The Morgan fingerprint density at radius 3 is 1.69 bits per heavy atom. The summed E-state index contributed by atoms with van der Waals surface area (Å²) < 4.78 is 0. The molecule has 0 aliphatic heterocycles. The summed E-state index contributed by atoms with van der Waals surface area (Å²) in [5.74, 6) is 0. The number of hydrogen-bond acceptors (Lipinski definition) is 0. The van der Waals surface area contributed by atoms with E-state index in [1.165, 1.54) is 0 Å². The molecule has 0 fully saturated rings. The Balaban J connectivity index is 2.38. The standard InChI is InChI=1S/C13H17/c1-2-4-6-8-10-12-13-11-9-7-5-3-1/h1-4,7-9,12-13H,5-6,10-11H2/b3-1+,4-2-,9-7+,13-12+. The van der Waals surface area contributed by atoms with Gasteiger partial charge in [0.15, 0.2) is 0 Å². The first-order valence-corrected chi connectivity index (χ1v) is 4.93. The largest absolute Gasteiger partial charge is 0.0879 e. The third-order valence-electron chi connectivity index (χ3n) is 1.87. The lowest BCUT2D eigenvalue weighted by molar-refractivity contribution is 1.10. The number of hydrogen-bond donors (Lipinski definition) is 0. The molecule has 0 nitrogen and oxygen atoms in total. The summed E-state index contributed by atoms with van der Waals surface area (Å²) in [6.45, 7) is 0. The highest BCUT2D eigenvalue weighted by Crippen LogP contribution is 2.00. The topological polar surface area (TPSA) is 0 Å². The van der Waals surface area contributed by atoms with Crippen molar-refractivity contribution >= 4 is 0 Å².